The summed E-state index contributed by atoms with van der Waals surface area (Å²) in [5.41, 5.74) is 6.49. The number of nitro groups is 1. The van der Waals surface area contributed by atoms with Gasteiger partial charge in [-0.15, -0.1) is 5.11 Å². The summed E-state index contributed by atoms with van der Waals surface area (Å²) in [6.45, 7) is 0. The van der Waals surface area contributed by atoms with Gasteiger partial charge in [-0.05, 0) is 36.2 Å². The fourth-order valence-corrected chi connectivity index (χ4v) is 1.87. The zero-order valence-corrected chi connectivity index (χ0v) is 12.4. The van der Waals surface area contributed by atoms with Gasteiger partial charge in [-0.25, -0.2) is 0 Å². The van der Waals surface area contributed by atoms with Crippen molar-refractivity contribution in [2.75, 3.05) is 0 Å². The van der Waals surface area contributed by atoms with Crippen LogP contribution in [0.3, 0.4) is 0 Å². The largest absolute Gasteiger partial charge is 0.506 e. The van der Waals surface area contributed by atoms with Gasteiger partial charge in [-0.1, -0.05) is 6.07 Å². The summed E-state index contributed by atoms with van der Waals surface area (Å²) in [6, 6.07) is 8.75. The van der Waals surface area contributed by atoms with Crippen LogP contribution in [0.2, 0.25) is 0 Å². The summed E-state index contributed by atoms with van der Waals surface area (Å²) in [5.74, 6) is -1.26. The number of aromatic hydroxyl groups is 1. The highest BCUT2D eigenvalue weighted by molar-refractivity contribution is 5.73. The molecule has 4 N–H and O–H groups in total. The maximum absolute atomic E-state index is 10.8. The molecule has 0 saturated carbocycles. The number of phenols is 1. The number of carbonyl (C=O) groups is 1. The zero-order valence-electron chi connectivity index (χ0n) is 12.4. The van der Waals surface area contributed by atoms with Crippen LogP contribution in [0.5, 0.6) is 5.75 Å². The van der Waals surface area contributed by atoms with Gasteiger partial charge in [-0.2, -0.15) is 5.11 Å². The zero-order chi connectivity index (χ0) is 17.7. The Morgan fingerprint density at radius 1 is 1.21 bits per heavy atom. The minimum atomic E-state index is -1.13. The Bertz CT molecular complexity index is 789. The van der Waals surface area contributed by atoms with Crippen LogP contribution in [0.1, 0.15) is 5.56 Å². The molecule has 2 aromatic rings. The second-order valence-electron chi connectivity index (χ2n) is 4.95. The van der Waals surface area contributed by atoms with Gasteiger partial charge in [0.25, 0.3) is 5.69 Å². The predicted molar refractivity (Wildman–Crippen MR) is 84.7 cm³/mol. The number of phenolic OH excluding ortho intramolecular Hbond substituents is 1. The Balaban J connectivity index is 2.18. The van der Waals surface area contributed by atoms with Crippen LogP contribution in [0, 0.1) is 10.1 Å². The summed E-state index contributed by atoms with van der Waals surface area (Å²) in [5, 5.41) is 36.9. The third-order valence-corrected chi connectivity index (χ3v) is 3.15. The van der Waals surface area contributed by atoms with Crippen molar-refractivity contribution in [1.29, 1.82) is 0 Å². The lowest BCUT2D eigenvalue weighted by Crippen LogP contribution is -2.32. The summed E-state index contributed by atoms with van der Waals surface area (Å²) in [6.07, 6.45) is 0.0790. The van der Waals surface area contributed by atoms with Gasteiger partial charge >= 0.3 is 5.97 Å². The maximum Gasteiger partial charge on any atom is 0.320 e. The average Bonchev–Trinajstić information content (AvgIpc) is 2.55. The molecule has 24 heavy (non-hydrogen) atoms. The van der Waals surface area contributed by atoms with Crippen molar-refractivity contribution in [3.8, 4) is 5.75 Å². The summed E-state index contributed by atoms with van der Waals surface area (Å²) in [7, 11) is 0. The molecule has 124 valence electrons. The fraction of sp³-hybridized carbons (Fsp3) is 0.133. The molecular formula is C15H14N4O5. The van der Waals surface area contributed by atoms with Crippen LogP contribution in [0.4, 0.5) is 17.1 Å². The number of rotatable bonds is 6. The third-order valence-electron chi connectivity index (χ3n) is 3.15. The first-order valence-electron chi connectivity index (χ1n) is 6.83. The molecule has 0 aliphatic heterocycles. The minimum Gasteiger partial charge on any atom is -0.506 e. The molecule has 2 aromatic carbocycles. The van der Waals surface area contributed by atoms with E-state index in [1.54, 1.807) is 6.07 Å². The van der Waals surface area contributed by atoms with E-state index in [9.17, 15) is 20.0 Å². The van der Waals surface area contributed by atoms with Crippen LogP contribution < -0.4 is 5.73 Å². The number of carboxylic acids is 1. The van der Waals surface area contributed by atoms with Gasteiger partial charge in [0.1, 0.15) is 17.5 Å². The maximum atomic E-state index is 10.8. The van der Waals surface area contributed by atoms with Gasteiger partial charge in [0.15, 0.2) is 0 Å². The van der Waals surface area contributed by atoms with Crippen molar-refractivity contribution in [3.63, 3.8) is 0 Å². The molecule has 0 saturated heterocycles. The number of hydrogen-bond donors (Lipinski definition) is 3. The normalized spacial score (nSPS) is 12.2. The Labute approximate surface area is 136 Å². The van der Waals surface area contributed by atoms with Crippen molar-refractivity contribution in [1.82, 2.24) is 0 Å². The fourth-order valence-electron chi connectivity index (χ4n) is 1.87. The lowest BCUT2D eigenvalue weighted by molar-refractivity contribution is -0.384. The molecule has 1 atom stereocenters. The topological polar surface area (TPSA) is 151 Å². The number of aliphatic carboxylic acids is 1. The van der Waals surface area contributed by atoms with E-state index in [0.29, 0.717) is 11.3 Å². The van der Waals surface area contributed by atoms with Crippen LogP contribution in [-0.2, 0) is 11.2 Å². The SMILES string of the molecule is NC(Cc1ccc(O)c(N=Nc2ccc([N+](=O)[O-])cc2)c1)C(=O)O. The molecule has 0 aromatic heterocycles. The first kappa shape index (κ1) is 17.0. The summed E-state index contributed by atoms with van der Waals surface area (Å²) in [4.78, 5) is 20.8. The predicted octanol–water partition coefficient (Wildman–Crippen LogP) is 2.67. The lowest BCUT2D eigenvalue weighted by Gasteiger charge is -2.07. The van der Waals surface area contributed by atoms with Gasteiger partial charge in [0, 0.05) is 12.1 Å². The van der Waals surface area contributed by atoms with E-state index < -0.39 is 16.9 Å². The van der Waals surface area contributed by atoms with Gasteiger partial charge < -0.3 is 15.9 Å². The number of nitrogens with two attached hydrogens (primary N) is 1. The summed E-state index contributed by atoms with van der Waals surface area (Å²) < 4.78 is 0. The molecule has 0 bridgehead atoms. The van der Waals surface area contributed by atoms with E-state index in [0.717, 1.165) is 0 Å². The Hall–Kier alpha value is -3.33. The Morgan fingerprint density at radius 3 is 2.46 bits per heavy atom. The molecule has 0 heterocycles. The van der Waals surface area contributed by atoms with E-state index in [2.05, 4.69) is 10.2 Å². The molecule has 0 aliphatic rings. The second kappa shape index (κ2) is 7.29. The quantitative estimate of drug-likeness (QED) is 0.420. The van der Waals surface area contributed by atoms with E-state index >= 15 is 0 Å². The lowest BCUT2D eigenvalue weighted by atomic mass is 10.1. The first-order chi connectivity index (χ1) is 11.4. The number of nitrogens with zero attached hydrogens (tertiary/aromatic N) is 3. The standard InChI is InChI=1S/C15H14N4O5/c16-12(15(21)22)7-9-1-6-14(20)13(8-9)18-17-10-2-4-11(5-3-10)19(23)24/h1-6,8,12,20H,7,16H2,(H,21,22). The molecule has 9 nitrogen and oxygen atoms in total. The van der Waals surface area contributed by atoms with Crippen LogP contribution in [-0.4, -0.2) is 27.1 Å². The number of nitro benzene ring substituents is 1. The monoisotopic (exact) mass is 330 g/mol. The number of hydrogen-bond acceptors (Lipinski definition) is 7. The molecule has 0 radical (unpaired) electrons. The van der Waals surface area contributed by atoms with Crippen molar-refractivity contribution >= 4 is 23.0 Å². The molecule has 0 aliphatic carbocycles. The second-order valence-corrected chi connectivity index (χ2v) is 4.95. The molecular weight excluding hydrogens is 316 g/mol. The van der Waals surface area contributed by atoms with E-state index in [1.165, 1.54) is 36.4 Å². The highest BCUT2D eigenvalue weighted by Gasteiger charge is 2.13. The Kier molecular flexibility index (Phi) is 5.17. The van der Waals surface area contributed by atoms with Gasteiger partial charge in [-0.3, -0.25) is 14.9 Å². The minimum absolute atomic E-state index is 0.0681. The van der Waals surface area contributed by atoms with Gasteiger partial charge in [0.05, 0.1) is 10.6 Å². The first-order valence-corrected chi connectivity index (χ1v) is 6.83. The van der Waals surface area contributed by atoms with Crippen LogP contribution in [0.15, 0.2) is 52.7 Å². The van der Waals surface area contributed by atoms with E-state index in [-0.39, 0.29) is 23.5 Å². The van der Waals surface area contributed by atoms with E-state index in [4.69, 9.17) is 10.8 Å². The van der Waals surface area contributed by atoms with Gasteiger partial charge in [0.2, 0.25) is 0 Å². The molecule has 1 unspecified atom stereocenters. The van der Waals surface area contributed by atoms with Crippen molar-refractivity contribution in [2.45, 2.75) is 12.5 Å². The Morgan fingerprint density at radius 2 is 1.88 bits per heavy atom. The number of non-ortho nitro benzene ring substituents is 1. The molecule has 9 heteroatoms. The van der Waals surface area contributed by atoms with Crippen molar-refractivity contribution in [3.05, 3.63) is 58.1 Å². The smallest absolute Gasteiger partial charge is 0.320 e. The summed E-state index contributed by atoms with van der Waals surface area (Å²) >= 11 is 0. The van der Waals surface area contributed by atoms with Crippen molar-refractivity contribution < 1.29 is 19.9 Å². The highest BCUT2D eigenvalue weighted by Crippen LogP contribution is 2.29. The number of azo groups is 1. The molecule has 0 fully saturated rings. The number of carboxylic acid groups (broad SMARTS) is 1. The van der Waals surface area contributed by atoms with Crippen LogP contribution in [0.25, 0.3) is 0 Å². The molecule has 2 rings (SSSR count). The third kappa shape index (κ3) is 4.34. The number of benzene rings is 2. The van der Waals surface area contributed by atoms with E-state index in [1.807, 2.05) is 0 Å². The average molecular weight is 330 g/mol. The van der Waals surface area contributed by atoms with Crippen molar-refractivity contribution in [2.24, 2.45) is 16.0 Å². The molecule has 0 spiro atoms. The highest BCUT2D eigenvalue weighted by atomic mass is 16.6. The molecule has 0 amide bonds. The van der Waals surface area contributed by atoms with Crippen LogP contribution >= 0.6 is 0 Å².